The molecule has 2 heterocycles. The van der Waals surface area contributed by atoms with Gasteiger partial charge in [0.1, 0.15) is 6.54 Å². The summed E-state index contributed by atoms with van der Waals surface area (Å²) in [6.07, 6.45) is -10.5. The lowest BCUT2D eigenvalue weighted by molar-refractivity contribution is -0.383. The molecule has 184 valence electrons. The Kier molecular flexibility index (Phi) is 6.11. The molecule has 0 bridgehead atoms. The second-order valence-corrected chi connectivity index (χ2v) is 7.26. The van der Waals surface area contributed by atoms with Crippen molar-refractivity contribution in [2.75, 3.05) is 12.4 Å². The maximum Gasteiger partial charge on any atom is 0.430 e. The minimum absolute atomic E-state index is 0.0282. The number of rotatable bonds is 5. The number of benzene rings is 1. The number of aromatic nitrogens is 4. The van der Waals surface area contributed by atoms with E-state index >= 15 is 0 Å². The van der Waals surface area contributed by atoms with Crippen LogP contribution in [0.1, 0.15) is 5.56 Å². The number of halogens is 6. The SMILES string of the molecule is COC(c1ccc(NC(=O)Cn2cnc3c2c(=O)n(C)c(=O)n3C)cc1)(C(F)(F)F)C(F)(F)F. The van der Waals surface area contributed by atoms with Crippen molar-refractivity contribution in [1.82, 2.24) is 18.7 Å². The van der Waals surface area contributed by atoms with Gasteiger partial charge in [-0.15, -0.1) is 0 Å². The third-order valence-electron chi connectivity index (χ3n) is 5.21. The number of fused-ring (bicyclic) bond motifs is 1. The van der Waals surface area contributed by atoms with Crippen molar-refractivity contribution < 1.29 is 35.9 Å². The van der Waals surface area contributed by atoms with Crippen LogP contribution in [0.4, 0.5) is 32.0 Å². The topological polar surface area (TPSA) is 100 Å². The number of aryl methyl sites for hydroxylation is 1. The number of methoxy groups -OCH3 is 1. The van der Waals surface area contributed by atoms with E-state index in [1.165, 1.54) is 14.1 Å². The number of nitrogens with one attached hydrogen (secondary N) is 1. The summed E-state index contributed by atoms with van der Waals surface area (Å²) in [6.45, 7) is -0.473. The van der Waals surface area contributed by atoms with Crippen molar-refractivity contribution in [2.45, 2.75) is 24.5 Å². The number of carbonyl (C=O) groups is 1. The minimum atomic E-state index is -5.81. The fraction of sp³-hybridized carbons (Fsp3) is 0.368. The molecule has 3 rings (SSSR count). The fourth-order valence-electron chi connectivity index (χ4n) is 3.50. The van der Waals surface area contributed by atoms with E-state index in [2.05, 4.69) is 15.0 Å². The summed E-state index contributed by atoms with van der Waals surface area (Å²) in [5, 5.41) is 2.31. The maximum absolute atomic E-state index is 13.3. The van der Waals surface area contributed by atoms with Crippen LogP contribution in [-0.4, -0.2) is 44.1 Å². The highest BCUT2D eigenvalue weighted by atomic mass is 19.4. The second kappa shape index (κ2) is 8.30. The van der Waals surface area contributed by atoms with Gasteiger partial charge in [-0.3, -0.25) is 18.7 Å². The largest absolute Gasteiger partial charge is 0.430 e. The summed E-state index contributed by atoms with van der Waals surface area (Å²) in [5.74, 6) is -0.757. The molecule has 0 atom stereocenters. The van der Waals surface area contributed by atoms with Gasteiger partial charge in [-0.05, 0) is 12.1 Å². The van der Waals surface area contributed by atoms with Crippen molar-refractivity contribution >= 4 is 22.8 Å². The smallest absolute Gasteiger partial charge is 0.357 e. The molecule has 1 N–H and O–H groups in total. The maximum atomic E-state index is 13.3. The second-order valence-electron chi connectivity index (χ2n) is 7.26. The van der Waals surface area contributed by atoms with Gasteiger partial charge in [0, 0.05) is 32.5 Å². The van der Waals surface area contributed by atoms with Crippen molar-refractivity contribution in [3.05, 3.63) is 57.0 Å². The van der Waals surface area contributed by atoms with Crippen molar-refractivity contribution in [2.24, 2.45) is 14.1 Å². The van der Waals surface area contributed by atoms with E-state index in [-0.39, 0.29) is 16.9 Å². The summed E-state index contributed by atoms with van der Waals surface area (Å²) < 4.78 is 87.1. The number of ether oxygens (including phenoxy) is 1. The first-order valence-corrected chi connectivity index (χ1v) is 9.35. The van der Waals surface area contributed by atoms with Gasteiger partial charge < -0.3 is 14.6 Å². The molecule has 2 aromatic heterocycles. The van der Waals surface area contributed by atoms with Gasteiger partial charge in [-0.2, -0.15) is 26.3 Å². The summed E-state index contributed by atoms with van der Waals surface area (Å²) in [7, 11) is 2.92. The first-order chi connectivity index (χ1) is 15.7. The molecule has 1 amide bonds. The lowest BCUT2D eigenvalue weighted by atomic mass is 9.91. The molecule has 3 aromatic rings. The Morgan fingerprint density at radius 2 is 1.56 bits per heavy atom. The van der Waals surface area contributed by atoms with Gasteiger partial charge in [0.2, 0.25) is 5.91 Å². The summed E-state index contributed by atoms with van der Waals surface area (Å²) in [5.41, 5.74) is -7.23. The number of hydrogen-bond acceptors (Lipinski definition) is 5. The first kappa shape index (κ1) is 25.0. The number of amides is 1. The average molecular weight is 493 g/mol. The van der Waals surface area contributed by atoms with Gasteiger partial charge in [-0.1, -0.05) is 12.1 Å². The number of nitrogens with zero attached hydrogens (tertiary/aromatic N) is 4. The molecule has 0 spiro atoms. The summed E-state index contributed by atoms with van der Waals surface area (Å²) in [6, 6.07) is 2.79. The Hall–Kier alpha value is -3.62. The van der Waals surface area contributed by atoms with Crippen molar-refractivity contribution in [3.8, 4) is 0 Å². The minimum Gasteiger partial charge on any atom is -0.357 e. The van der Waals surface area contributed by atoms with Gasteiger partial charge in [0.05, 0.1) is 6.33 Å². The third-order valence-corrected chi connectivity index (χ3v) is 5.21. The van der Waals surface area contributed by atoms with Crippen molar-refractivity contribution in [1.29, 1.82) is 0 Å². The molecule has 0 aliphatic rings. The van der Waals surface area contributed by atoms with E-state index in [1.807, 2.05) is 0 Å². The van der Waals surface area contributed by atoms with Gasteiger partial charge in [0.15, 0.2) is 11.2 Å². The zero-order valence-electron chi connectivity index (χ0n) is 17.8. The van der Waals surface area contributed by atoms with E-state index in [9.17, 15) is 40.7 Å². The van der Waals surface area contributed by atoms with Crippen LogP contribution in [0.25, 0.3) is 11.2 Å². The average Bonchev–Trinajstić information content (AvgIpc) is 3.14. The van der Waals surface area contributed by atoms with Gasteiger partial charge >= 0.3 is 18.0 Å². The molecule has 15 heteroatoms. The van der Waals surface area contributed by atoms with Crippen LogP contribution >= 0.6 is 0 Å². The van der Waals surface area contributed by atoms with Crippen LogP contribution in [0.5, 0.6) is 0 Å². The van der Waals surface area contributed by atoms with Crippen LogP contribution < -0.4 is 16.6 Å². The Labute approximate surface area is 186 Å². The highest BCUT2D eigenvalue weighted by Gasteiger charge is 2.72. The standard InChI is InChI=1S/C19H17F6N5O4/c1-28-14-13(15(32)29(2)16(28)33)30(9-26-14)8-12(31)27-11-6-4-10(5-7-11)17(34-3,18(20,21)22)19(23,24)25/h4-7,9H,8H2,1-3H3,(H,27,31). The summed E-state index contributed by atoms with van der Waals surface area (Å²) in [4.78, 5) is 40.7. The van der Waals surface area contributed by atoms with Gasteiger partial charge in [0.25, 0.3) is 11.2 Å². The fourth-order valence-corrected chi connectivity index (χ4v) is 3.50. The molecule has 0 unspecified atom stereocenters. The molecule has 0 saturated heterocycles. The number of carbonyl (C=O) groups excluding carboxylic acids is 1. The Balaban J connectivity index is 1.88. The number of hydrogen-bond donors (Lipinski definition) is 1. The number of anilines is 1. The van der Waals surface area contributed by atoms with Crippen LogP contribution in [0.3, 0.4) is 0 Å². The first-order valence-electron chi connectivity index (χ1n) is 9.35. The van der Waals surface area contributed by atoms with Crippen LogP contribution in [0.2, 0.25) is 0 Å². The zero-order valence-corrected chi connectivity index (χ0v) is 17.8. The highest BCUT2D eigenvalue weighted by molar-refractivity contribution is 5.91. The zero-order chi connectivity index (χ0) is 25.6. The van der Waals surface area contributed by atoms with E-state index in [0.29, 0.717) is 19.2 Å². The molecule has 0 aliphatic heterocycles. The lowest BCUT2D eigenvalue weighted by Crippen LogP contribution is -2.55. The van der Waals surface area contributed by atoms with Crippen LogP contribution in [0, 0.1) is 0 Å². The molecule has 0 saturated carbocycles. The third kappa shape index (κ3) is 3.85. The van der Waals surface area contributed by atoms with E-state index in [1.54, 1.807) is 0 Å². The molecule has 0 fully saturated rings. The van der Waals surface area contributed by atoms with E-state index < -0.39 is 47.2 Å². The Morgan fingerprint density at radius 3 is 2.06 bits per heavy atom. The molecule has 34 heavy (non-hydrogen) atoms. The van der Waals surface area contributed by atoms with Crippen LogP contribution in [-0.2, 0) is 35.8 Å². The van der Waals surface area contributed by atoms with Crippen LogP contribution in [0.15, 0.2) is 40.2 Å². The predicted molar refractivity (Wildman–Crippen MR) is 106 cm³/mol. The monoisotopic (exact) mass is 493 g/mol. The predicted octanol–water partition coefficient (Wildman–Crippen LogP) is 2.04. The van der Waals surface area contributed by atoms with Crippen molar-refractivity contribution in [3.63, 3.8) is 0 Å². The molecule has 9 nitrogen and oxygen atoms in total. The normalized spacial score (nSPS) is 12.9. The highest BCUT2D eigenvalue weighted by Crippen LogP contribution is 2.52. The number of alkyl halides is 6. The molecule has 1 aromatic carbocycles. The molecular weight excluding hydrogens is 476 g/mol. The van der Waals surface area contributed by atoms with E-state index in [4.69, 9.17) is 0 Å². The molecule has 0 aliphatic carbocycles. The lowest BCUT2D eigenvalue weighted by Gasteiger charge is -2.36. The van der Waals surface area contributed by atoms with E-state index in [0.717, 1.165) is 32.2 Å². The number of imidazole rings is 1. The van der Waals surface area contributed by atoms with Gasteiger partial charge in [-0.25, -0.2) is 9.78 Å². The summed E-state index contributed by atoms with van der Waals surface area (Å²) >= 11 is 0. The Morgan fingerprint density at radius 1 is 1.00 bits per heavy atom. The Bertz CT molecular complexity index is 1340. The molecular formula is C19H17F6N5O4. The molecule has 0 radical (unpaired) electrons. The quantitative estimate of drug-likeness (QED) is 0.549.